The molecule has 3 aromatic rings. The van der Waals surface area contributed by atoms with E-state index in [1.165, 1.54) is 6.07 Å². The molecule has 0 radical (unpaired) electrons. The van der Waals surface area contributed by atoms with Crippen LogP contribution in [0.3, 0.4) is 0 Å². The lowest BCUT2D eigenvalue weighted by atomic mass is 10.1. The third kappa shape index (κ3) is 2.61. The number of hydrogen-bond donors (Lipinski definition) is 0. The molecule has 0 atom stereocenters. The van der Waals surface area contributed by atoms with Crippen LogP contribution in [0.15, 0.2) is 41.3 Å². The molecule has 0 fully saturated rings. The number of nitrogens with zero attached hydrogens (tertiary/aromatic N) is 2. The predicted octanol–water partition coefficient (Wildman–Crippen LogP) is 5.12. The maximum absolute atomic E-state index is 13.7. The molecule has 2 aromatic carbocycles. The van der Waals surface area contributed by atoms with Crippen LogP contribution in [0, 0.1) is 12.7 Å². The Bertz CT molecular complexity index is 819. The maximum Gasteiger partial charge on any atom is 0.161 e. The highest BCUT2D eigenvalue weighted by molar-refractivity contribution is 7.98. The first kappa shape index (κ1) is 14.3. The lowest BCUT2D eigenvalue weighted by Gasteiger charge is -2.08. The Morgan fingerprint density at radius 2 is 1.76 bits per heavy atom. The Balaban J connectivity index is 2.21. The summed E-state index contributed by atoms with van der Waals surface area (Å²) in [6.07, 6.45) is 2.02. The normalized spacial score (nSPS) is 11.0. The van der Waals surface area contributed by atoms with Crippen LogP contribution in [0.4, 0.5) is 4.39 Å². The first-order chi connectivity index (χ1) is 10.1. The molecular weight excluding hydrogens is 307 g/mol. The van der Waals surface area contributed by atoms with Crippen molar-refractivity contribution >= 4 is 34.3 Å². The first-order valence-electron chi connectivity index (χ1n) is 6.37. The highest BCUT2D eigenvalue weighted by atomic mass is 35.5. The smallest absolute Gasteiger partial charge is 0.161 e. The van der Waals surface area contributed by atoms with Gasteiger partial charge < -0.3 is 0 Å². The molecule has 2 nitrogen and oxygen atoms in total. The summed E-state index contributed by atoms with van der Waals surface area (Å²) in [7, 11) is 0. The second-order valence-corrected chi connectivity index (χ2v) is 5.87. The topological polar surface area (TPSA) is 25.8 Å². The molecule has 1 heterocycles. The molecule has 0 unspecified atom stereocenters. The van der Waals surface area contributed by atoms with E-state index in [0.717, 1.165) is 10.5 Å². The Morgan fingerprint density at radius 3 is 2.43 bits per heavy atom. The molecule has 0 amide bonds. The van der Waals surface area contributed by atoms with E-state index in [2.05, 4.69) is 9.97 Å². The van der Waals surface area contributed by atoms with E-state index < -0.39 is 0 Å². The van der Waals surface area contributed by atoms with Crippen LogP contribution in [-0.4, -0.2) is 16.2 Å². The van der Waals surface area contributed by atoms with Crippen molar-refractivity contribution in [3.63, 3.8) is 0 Å². The second-order valence-electron chi connectivity index (χ2n) is 4.64. The monoisotopic (exact) mass is 318 g/mol. The number of hydrogen-bond acceptors (Lipinski definition) is 3. The fourth-order valence-electron chi connectivity index (χ4n) is 2.14. The fourth-order valence-corrected chi connectivity index (χ4v) is 2.78. The second kappa shape index (κ2) is 5.62. The number of thioether (sulfide) groups is 1. The molecule has 0 aliphatic rings. The molecule has 0 spiro atoms. The summed E-state index contributed by atoms with van der Waals surface area (Å²) in [5, 5.41) is 1.01. The van der Waals surface area contributed by atoms with Crippen LogP contribution in [0.5, 0.6) is 0 Å². The van der Waals surface area contributed by atoms with Crippen LogP contribution >= 0.6 is 23.4 Å². The van der Waals surface area contributed by atoms with E-state index in [4.69, 9.17) is 11.6 Å². The van der Waals surface area contributed by atoms with Gasteiger partial charge in [-0.1, -0.05) is 23.7 Å². The molecule has 5 heteroatoms. The summed E-state index contributed by atoms with van der Waals surface area (Å²) in [4.78, 5) is 9.96. The van der Waals surface area contributed by atoms with Crippen LogP contribution in [0.1, 0.15) is 5.56 Å². The summed E-state index contributed by atoms with van der Waals surface area (Å²) in [6, 6.07) is 10.9. The minimum atomic E-state index is -0.291. The minimum Gasteiger partial charge on any atom is -0.228 e. The molecule has 21 heavy (non-hydrogen) atoms. The van der Waals surface area contributed by atoms with Crippen LogP contribution in [0.25, 0.3) is 22.3 Å². The van der Waals surface area contributed by atoms with Gasteiger partial charge in [0.15, 0.2) is 5.82 Å². The number of fused-ring (bicyclic) bond motifs is 1. The van der Waals surface area contributed by atoms with Gasteiger partial charge in [0, 0.05) is 21.4 Å². The van der Waals surface area contributed by atoms with Crippen molar-refractivity contribution < 1.29 is 4.39 Å². The molecular formula is C16H12ClFN2S. The number of benzene rings is 2. The summed E-state index contributed by atoms with van der Waals surface area (Å²) >= 11 is 7.88. The Labute approximate surface area is 131 Å². The van der Waals surface area contributed by atoms with E-state index >= 15 is 0 Å². The number of rotatable bonds is 2. The number of aryl methyl sites for hydroxylation is 1. The molecule has 0 aliphatic carbocycles. The van der Waals surface area contributed by atoms with Crippen LogP contribution < -0.4 is 0 Å². The molecule has 106 valence electrons. The van der Waals surface area contributed by atoms with Crippen molar-refractivity contribution in [1.29, 1.82) is 0 Å². The van der Waals surface area contributed by atoms with Crippen LogP contribution in [0.2, 0.25) is 5.15 Å². The highest BCUT2D eigenvalue weighted by Crippen LogP contribution is 2.28. The predicted molar refractivity (Wildman–Crippen MR) is 86.5 cm³/mol. The summed E-state index contributed by atoms with van der Waals surface area (Å²) in [6.45, 7) is 1.70. The zero-order valence-electron chi connectivity index (χ0n) is 11.5. The molecule has 0 saturated carbocycles. The third-order valence-corrected chi connectivity index (χ3v) is 4.39. The standard InChI is InChI=1S/C16H12ClFN2S/c1-9-13(18)8-7-12-14(9)19-16(20-15(12)17)10-3-5-11(21-2)6-4-10/h3-8H,1-2H3. The Hall–Kier alpha value is -1.65. The highest BCUT2D eigenvalue weighted by Gasteiger charge is 2.12. The molecule has 0 N–H and O–H groups in total. The lowest BCUT2D eigenvalue weighted by molar-refractivity contribution is 0.620. The summed E-state index contributed by atoms with van der Waals surface area (Å²) in [5.74, 6) is 0.217. The van der Waals surface area contributed by atoms with Gasteiger partial charge in [-0.15, -0.1) is 11.8 Å². The molecule has 3 rings (SSSR count). The van der Waals surface area contributed by atoms with Crippen molar-refractivity contribution in [3.05, 3.63) is 52.9 Å². The van der Waals surface area contributed by atoms with E-state index in [1.54, 1.807) is 24.8 Å². The van der Waals surface area contributed by atoms with Gasteiger partial charge in [0.25, 0.3) is 0 Å². The first-order valence-corrected chi connectivity index (χ1v) is 7.97. The van der Waals surface area contributed by atoms with Crippen molar-refractivity contribution in [3.8, 4) is 11.4 Å². The largest absolute Gasteiger partial charge is 0.228 e. The van der Waals surface area contributed by atoms with E-state index in [0.29, 0.717) is 27.4 Å². The van der Waals surface area contributed by atoms with Gasteiger partial charge in [-0.05, 0) is 37.4 Å². The van der Waals surface area contributed by atoms with Gasteiger partial charge >= 0.3 is 0 Å². The van der Waals surface area contributed by atoms with Gasteiger partial charge in [-0.25, -0.2) is 14.4 Å². The van der Waals surface area contributed by atoms with Crippen molar-refractivity contribution in [1.82, 2.24) is 9.97 Å². The van der Waals surface area contributed by atoms with Crippen molar-refractivity contribution in [2.24, 2.45) is 0 Å². The van der Waals surface area contributed by atoms with Crippen molar-refractivity contribution in [2.45, 2.75) is 11.8 Å². The quantitative estimate of drug-likeness (QED) is 0.484. The zero-order valence-corrected chi connectivity index (χ0v) is 13.1. The van der Waals surface area contributed by atoms with Crippen LogP contribution in [-0.2, 0) is 0 Å². The molecule has 0 saturated heterocycles. The fraction of sp³-hybridized carbons (Fsp3) is 0.125. The SMILES string of the molecule is CSc1ccc(-c2nc(Cl)c3ccc(F)c(C)c3n2)cc1. The average Bonchev–Trinajstić information content (AvgIpc) is 2.51. The lowest BCUT2D eigenvalue weighted by Crippen LogP contribution is -1.95. The minimum absolute atomic E-state index is 0.291. The third-order valence-electron chi connectivity index (χ3n) is 3.36. The maximum atomic E-state index is 13.7. The van der Waals surface area contributed by atoms with Gasteiger partial charge in [0.1, 0.15) is 11.0 Å². The number of halogens is 2. The Kier molecular flexibility index (Phi) is 3.83. The van der Waals surface area contributed by atoms with E-state index in [1.807, 2.05) is 30.5 Å². The molecule has 0 aliphatic heterocycles. The Morgan fingerprint density at radius 1 is 1.05 bits per heavy atom. The zero-order chi connectivity index (χ0) is 15.0. The van der Waals surface area contributed by atoms with E-state index in [-0.39, 0.29) is 5.82 Å². The average molecular weight is 319 g/mol. The number of aromatic nitrogens is 2. The van der Waals surface area contributed by atoms with E-state index in [9.17, 15) is 4.39 Å². The molecule has 0 bridgehead atoms. The van der Waals surface area contributed by atoms with Gasteiger partial charge in [-0.3, -0.25) is 0 Å². The van der Waals surface area contributed by atoms with Gasteiger partial charge in [0.2, 0.25) is 0 Å². The molecule has 1 aromatic heterocycles. The van der Waals surface area contributed by atoms with Crippen molar-refractivity contribution in [2.75, 3.05) is 6.26 Å². The summed E-state index contributed by atoms with van der Waals surface area (Å²) < 4.78 is 13.7. The van der Waals surface area contributed by atoms with Gasteiger partial charge in [0.05, 0.1) is 5.52 Å². The summed E-state index contributed by atoms with van der Waals surface area (Å²) in [5.41, 5.74) is 1.90. The van der Waals surface area contributed by atoms with Gasteiger partial charge in [-0.2, -0.15) is 0 Å².